The third kappa shape index (κ3) is 3.59. The number of hydrogen-bond acceptors (Lipinski definition) is 4. The van der Waals surface area contributed by atoms with Gasteiger partial charge >= 0.3 is 0 Å². The first-order valence-electron chi connectivity index (χ1n) is 7.34. The molecule has 0 spiro atoms. The molecule has 112 valence electrons. The largest absolute Gasteiger partial charge is 0.301 e. The maximum absolute atomic E-state index is 11.9. The highest BCUT2D eigenvalue weighted by molar-refractivity contribution is 7.90. The zero-order valence-corrected chi connectivity index (χ0v) is 12.4. The van der Waals surface area contributed by atoms with Crippen LogP contribution in [0.3, 0.4) is 0 Å². The molecule has 1 aliphatic carbocycles. The van der Waals surface area contributed by atoms with Crippen LogP contribution >= 0.6 is 0 Å². The minimum atomic E-state index is -3.03. The van der Waals surface area contributed by atoms with Gasteiger partial charge in [0, 0.05) is 25.0 Å². The topological polar surface area (TPSA) is 67.2 Å². The van der Waals surface area contributed by atoms with Gasteiger partial charge in [-0.2, -0.15) is 5.10 Å². The molecule has 0 atom stereocenters. The lowest BCUT2D eigenvalue weighted by Gasteiger charge is -2.32. The highest BCUT2D eigenvalue weighted by Crippen LogP contribution is 2.28. The molecule has 1 aliphatic heterocycles. The van der Waals surface area contributed by atoms with Gasteiger partial charge in [0.05, 0.1) is 11.8 Å². The lowest BCUT2D eigenvalue weighted by atomic mass is 10.1. The molecular weight excluding hydrogens is 276 g/mol. The number of nitrogens with zero attached hydrogens (tertiary/aromatic N) is 3. The van der Waals surface area contributed by atoms with Crippen molar-refractivity contribution in [3.8, 4) is 0 Å². The second-order valence-corrected chi connectivity index (χ2v) is 7.74. The van der Waals surface area contributed by atoms with Gasteiger partial charge in [0.2, 0.25) is 10.0 Å². The van der Waals surface area contributed by atoms with Crippen molar-refractivity contribution in [1.29, 1.82) is 0 Å². The third-order valence-corrected chi connectivity index (χ3v) is 6.10. The summed E-state index contributed by atoms with van der Waals surface area (Å²) in [6, 6.07) is 2.06. The zero-order chi connectivity index (χ0) is 14.0. The minimum Gasteiger partial charge on any atom is -0.301 e. The molecule has 0 unspecified atom stereocenters. The Morgan fingerprint density at radius 3 is 2.50 bits per heavy atom. The van der Waals surface area contributed by atoms with Crippen molar-refractivity contribution in [2.45, 2.75) is 43.5 Å². The molecule has 0 radical (unpaired) electrons. The van der Waals surface area contributed by atoms with Crippen LogP contribution < -0.4 is 4.72 Å². The predicted molar refractivity (Wildman–Crippen MR) is 76.8 cm³/mol. The second kappa shape index (κ2) is 5.83. The molecule has 1 aromatic heterocycles. The minimum absolute atomic E-state index is 0.111. The summed E-state index contributed by atoms with van der Waals surface area (Å²) in [5, 5.41) is 4.08. The third-order valence-electron chi connectivity index (χ3n) is 4.09. The van der Waals surface area contributed by atoms with E-state index in [4.69, 9.17) is 0 Å². The monoisotopic (exact) mass is 298 g/mol. The number of nitrogens with one attached hydrogen (secondary N) is 1. The summed E-state index contributed by atoms with van der Waals surface area (Å²) in [6.45, 7) is 3.79. The van der Waals surface area contributed by atoms with E-state index >= 15 is 0 Å². The number of hydrogen-bond donors (Lipinski definition) is 1. The molecular formula is C13H22N4O2S. The van der Waals surface area contributed by atoms with Crippen LogP contribution in [-0.2, 0) is 16.6 Å². The van der Waals surface area contributed by atoms with Crippen LogP contribution in [0.25, 0.3) is 0 Å². The molecule has 1 saturated carbocycles. The van der Waals surface area contributed by atoms with Gasteiger partial charge in [0.1, 0.15) is 0 Å². The van der Waals surface area contributed by atoms with Crippen molar-refractivity contribution in [2.24, 2.45) is 0 Å². The van der Waals surface area contributed by atoms with E-state index in [1.165, 1.54) is 0 Å². The van der Waals surface area contributed by atoms with E-state index in [1.807, 2.05) is 16.9 Å². The molecule has 7 heteroatoms. The SMILES string of the molecule is O=S(=O)(NC1CCN(CCn2cccn2)CC1)C1CC1. The Balaban J connectivity index is 1.40. The predicted octanol–water partition coefficient (Wildman–Crippen LogP) is 0.429. The second-order valence-electron chi connectivity index (χ2n) is 5.75. The number of sulfonamides is 1. The lowest BCUT2D eigenvalue weighted by Crippen LogP contribution is -2.46. The molecule has 3 rings (SSSR count). The Morgan fingerprint density at radius 1 is 1.15 bits per heavy atom. The van der Waals surface area contributed by atoms with Gasteiger partial charge in [-0.3, -0.25) is 4.68 Å². The summed E-state index contributed by atoms with van der Waals surface area (Å²) in [5.41, 5.74) is 0. The Bertz CT molecular complexity index is 517. The number of aromatic nitrogens is 2. The van der Waals surface area contributed by atoms with E-state index in [1.54, 1.807) is 6.20 Å². The number of piperidine rings is 1. The van der Waals surface area contributed by atoms with Crippen LogP contribution in [0.2, 0.25) is 0 Å². The number of likely N-dealkylation sites (tertiary alicyclic amines) is 1. The van der Waals surface area contributed by atoms with Crippen LogP contribution in [0.1, 0.15) is 25.7 Å². The van der Waals surface area contributed by atoms with Gasteiger partial charge in [-0.1, -0.05) is 0 Å². The molecule has 1 aromatic rings. The van der Waals surface area contributed by atoms with Crippen LogP contribution in [-0.4, -0.2) is 54.0 Å². The van der Waals surface area contributed by atoms with Gasteiger partial charge in [0.15, 0.2) is 0 Å². The standard InChI is InChI=1S/C13H22N4O2S/c18-20(19,13-2-3-13)15-12-4-8-16(9-5-12)10-11-17-7-1-6-14-17/h1,6-7,12-13,15H,2-5,8-11H2. The summed E-state index contributed by atoms with van der Waals surface area (Å²) in [6.07, 6.45) is 7.24. The van der Waals surface area contributed by atoms with Crippen molar-refractivity contribution in [3.05, 3.63) is 18.5 Å². The van der Waals surface area contributed by atoms with Crippen molar-refractivity contribution in [2.75, 3.05) is 19.6 Å². The molecule has 1 saturated heterocycles. The van der Waals surface area contributed by atoms with E-state index in [0.717, 1.165) is 51.9 Å². The van der Waals surface area contributed by atoms with Crippen molar-refractivity contribution >= 4 is 10.0 Å². The fourth-order valence-corrected chi connectivity index (χ4v) is 4.31. The number of rotatable bonds is 6. The Hall–Kier alpha value is -0.920. The van der Waals surface area contributed by atoms with Crippen LogP contribution in [0.4, 0.5) is 0 Å². The van der Waals surface area contributed by atoms with E-state index < -0.39 is 10.0 Å². The molecule has 2 aliphatic rings. The summed E-state index contributed by atoms with van der Waals surface area (Å²) in [7, 11) is -3.03. The van der Waals surface area contributed by atoms with Crippen LogP contribution in [0.5, 0.6) is 0 Å². The van der Waals surface area contributed by atoms with E-state index in [-0.39, 0.29) is 11.3 Å². The van der Waals surface area contributed by atoms with Gasteiger partial charge < -0.3 is 4.90 Å². The fourth-order valence-electron chi connectivity index (χ4n) is 2.66. The maximum atomic E-state index is 11.9. The Morgan fingerprint density at radius 2 is 1.90 bits per heavy atom. The first-order valence-corrected chi connectivity index (χ1v) is 8.89. The first kappa shape index (κ1) is 14.0. The van der Waals surface area contributed by atoms with Gasteiger partial charge in [-0.15, -0.1) is 0 Å². The maximum Gasteiger partial charge on any atom is 0.214 e. The normalized spacial score (nSPS) is 22.2. The summed E-state index contributed by atoms with van der Waals surface area (Å²) >= 11 is 0. The molecule has 0 aromatic carbocycles. The highest BCUT2D eigenvalue weighted by atomic mass is 32.2. The van der Waals surface area contributed by atoms with Crippen LogP contribution in [0.15, 0.2) is 18.5 Å². The quantitative estimate of drug-likeness (QED) is 0.827. The van der Waals surface area contributed by atoms with E-state index in [9.17, 15) is 8.42 Å². The van der Waals surface area contributed by atoms with Crippen molar-refractivity contribution in [3.63, 3.8) is 0 Å². The molecule has 6 nitrogen and oxygen atoms in total. The fraction of sp³-hybridized carbons (Fsp3) is 0.769. The molecule has 20 heavy (non-hydrogen) atoms. The summed E-state index contributed by atoms with van der Waals surface area (Å²) in [5.74, 6) is 0. The molecule has 0 amide bonds. The van der Waals surface area contributed by atoms with Gasteiger partial charge in [-0.05, 0) is 44.8 Å². The van der Waals surface area contributed by atoms with Crippen LogP contribution in [0, 0.1) is 0 Å². The van der Waals surface area contributed by atoms with E-state index in [0.29, 0.717) is 0 Å². The van der Waals surface area contributed by atoms with Gasteiger partial charge in [0.25, 0.3) is 0 Å². The Kier molecular flexibility index (Phi) is 4.09. The zero-order valence-electron chi connectivity index (χ0n) is 11.6. The Labute approximate surface area is 120 Å². The smallest absolute Gasteiger partial charge is 0.214 e. The summed E-state index contributed by atoms with van der Waals surface area (Å²) < 4.78 is 28.6. The average Bonchev–Trinajstić information content (AvgIpc) is 3.17. The first-order chi connectivity index (χ1) is 9.63. The molecule has 1 N–H and O–H groups in total. The van der Waals surface area contributed by atoms with Crippen molar-refractivity contribution < 1.29 is 8.42 Å². The average molecular weight is 298 g/mol. The molecule has 0 bridgehead atoms. The highest BCUT2D eigenvalue weighted by Gasteiger charge is 2.37. The summed E-state index contributed by atoms with van der Waals surface area (Å²) in [4.78, 5) is 2.38. The van der Waals surface area contributed by atoms with Crippen molar-refractivity contribution in [1.82, 2.24) is 19.4 Å². The van der Waals surface area contributed by atoms with Gasteiger partial charge in [-0.25, -0.2) is 13.1 Å². The van der Waals surface area contributed by atoms with E-state index in [2.05, 4.69) is 14.7 Å². The molecule has 2 heterocycles. The lowest BCUT2D eigenvalue weighted by molar-refractivity contribution is 0.198. The molecule has 2 fully saturated rings.